The Morgan fingerprint density at radius 3 is 2.59 bits per heavy atom. The van der Waals surface area contributed by atoms with Crippen LogP contribution < -0.4 is 10.2 Å². The normalized spacial score (nSPS) is 22.2. The molecule has 2 aromatic heterocycles. The van der Waals surface area contributed by atoms with E-state index in [-0.39, 0.29) is 17.7 Å². The maximum absolute atomic E-state index is 14.2. The minimum absolute atomic E-state index is 0.0847. The number of anilines is 1. The van der Waals surface area contributed by atoms with Crippen molar-refractivity contribution in [2.75, 3.05) is 24.5 Å². The van der Waals surface area contributed by atoms with Crippen LogP contribution in [0.2, 0.25) is 0 Å². The Balaban J connectivity index is 1.44. The number of ketones is 1. The van der Waals surface area contributed by atoms with Gasteiger partial charge in [-0.3, -0.25) is 9.78 Å². The van der Waals surface area contributed by atoms with Gasteiger partial charge in [-0.25, -0.2) is 14.4 Å². The number of fused-ring (bicyclic) bond motifs is 1. The molecule has 164 valence electrons. The second-order valence-electron chi connectivity index (χ2n) is 8.94. The number of hydrogen-bond acceptors (Lipinski definition) is 6. The molecule has 0 bridgehead atoms. The van der Waals surface area contributed by atoms with Crippen LogP contribution in [-0.4, -0.2) is 46.4 Å². The van der Waals surface area contributed by atoms with Crippen LogP contribution in [0, 0.1) is 38.4 Å². The Kier molecular flexibility index (Phi) is 5.21. The molecule has 1 N–H and O–H groups in total. The summed E-state index contributed by atoms with van der Waals surface area (Å²) in [5, 5.41) is 3.40. The van der Waals surface area contributed by atoms with Crippen LogP contribution in [0.15, 0.2) is 42.6 Å². The first kappa shape index (κ1) is 20.7. The number of Topliss-reactive ketones (excluding diaryl/α,β-unsaturated/α-hetero) is 1. The maximum atomic E-state index is 14.2. The van der Waals surface area contributed by atoms with Crippen LogP contribution >= 0.6 is 0 Å². The zero-order valence-electron chi connectivity index (χ0n) is 18.5. The number of pyridine rings is 1. The van der Waals surface area contributed by atoms with E-state index in [4.69, 9.17) is 0 Å². The summed E-state index contributed by atoms with van der Waals surface area (Å²) in [5.41, 5.74) is 4.63. The van der Waals surface area contributed by atoms with Crippen molar-refractivity contribution in [3.63, 3.8) is 0 Å². The van der Waals surface area contributed by atoms with Gasteiger partial charge in [0.1, 0.15) is 5.82 Å². The quantitative estimate of drug-likeness (QED) is 0.638. The minimum atomic E-state index is -0.420. The molecule has 3 unspecified atom stereocenters. The Morgan fingerprint density at radius 2 is 1.84 bits per heavy atom. The topological polar surface area (TPSA) is 71.0 Å². The summed E-state index contributed by atoms with van der Waals surface area (Å²) < 4.78 is 14.2. The number of hydrogen-bond donors (Lipinski definition) is 1. The number of benzene rings is 1. The molecule has 3 aromatic rings. The summed E-state index contributed by atoms with van der Waals surface area (Å²) in [6, 6.07) is 9.79. The van der Waals surface area contributed by atoms with E-state index in [0.717, 1.165) is 36.0 Å². The monoisotopic (exact) mass is 431 g/mol. The molecule has 5 rings (SSSR count). The number of nitrogens with one attached hydrogen (secondary N) is 1. The van der Waals surface area contributed by atoms with E-state index in [0.29, 0.717) is 29.3 Å². The number of carbonyl (C=O) groups is 1. The van der Waals surface area contributed by atoms with Crippen LogP contribution in [0.4, 0.5) is 10.3 Å². The SMILES string of the molecule is Cc1ccnc(-c2ccc(F)cc2C(=O)C2NCC3CN(c4nc(C)cc(C)n4)CC32)c1. The van der Waals surface area contributed by atoms with E-state index in [9.17, 15) is 9.18 Å². The highest BCUT2D eigenvalue weighted by Gasteiger charge is 2.46. The van der Waals surface area contributed by atoms with E-state index in [1.54, 1.807) is 12.3 Å². The van der Waals surface area contributed by atoms with E-state index in [2.05, 4.69) is 25.2 Å². The van der Waals surface area contributed by atoms with E-state index < -0.39 is 5.82 Å². The zero-order chi connectivity index (χ0) is 22.4. The van der Waals surface area contributed by atoms with Gasteiger partial charge in [-0.2, -0.15) is 0 Å². The first-order valence-electron chi connectivity index (χ1n) is 11.0. The van der Waals surface area contributed by atoms with Gasteiger partial charge < -0.3 is 10.2 Å². The molecule has 0 saturated carbocycles. The highest BCUT2D eigenvalue weighted by atomic mass is 19.1. The highest BCUT2D eigenvalue weighted by molar-refractivity contribution is 6.05. The lowest BCUT2D eigenvalue weighted by molar-refractivity contribution is 0.0931. The lowest BCUT2D eigenvalue weighted by Crippen LogP contribution is -2.39. The molecule has 1 aromatic carbocycles. The highest BCUT2D eigenvalue weighted by Crippen LogP contribution is 2.35. The smallest absolute Gasteiger partial charge is 0.225 e. The van der Waals surface area contributed by atoms with Crippen molar-refractivity contribution in [1.29, 1.82) is 0 Å². The average Bonchev–Trinajstić information content (AvgIpc) is 3.33. The van der Waals surface area contributed by atoms with Gasteiger partial charge in [-0.05, 0) is 68.7 Å². The molecule has 3 atom stereocenters. The fourth-order valence-electron chi connectivity index (χ4n) is 5.01. The van der Waals surface area contributed by atoms with Crippen LogP contribution in [0.25, 0.3) is 11.3 Å². The molecule has 2 aliphatic heterocycles. The molecule has 0 spiro atoms. The number of carbonyl (C=O) groups excluding carboxylic acids is 1. The molecule has 0 radical (unpaired) electrons. The summed E-state index contributed by atoms with van der Waals surface area (Å²) in [7, 11) is 0. The summed E-state index contributed by atoms with van der Waals surface area (Å²) >= 11 is 0. The standard InChI is InChI=1S/C25H26FN5O/c1-14-6-7-27-22(8-14)19-5-4-18(26)10-20(19)24(32)23-21-13-31(12-17(21)11-28-23)25-29-15(2)9-16(3)30-25/h4-10,17,21,23,28H,11-13H2,1-3H3. The van der Waals surface area contributed by atoms with Crippen molar-refractivity contribution in [2.24, 2.45) is 11.8 Å². The van der Waals surface area contributed by atoms with Crippen LogP contribution in [0.3, 0.4) is 0 Å². The van der Waals surface area contributed by atoms with Crippen molar-refractivity contribution in [3.8, 4) is 11.3 Å². The van der Waals surface area contributed by atoms with Crippen molar-refractivity contribution in [1.82, 2.24) is 20.3 Å². The molecule has 32 heavy (non-hydrogen) atoms. The van der Waals surface area contributed by atoms with Crippen molar-refractivity contribution >= 4 is 11.7 Å². The number of nitrogens with zero attached hydrogens (tertiary/aromatic N) is 4. The van der Waals surface area contributed by atoms with Crippen LogP contribution in [-0.2, 0) is 0 Å². The Morgan fingerprint density at radius 1 is 1.06 bits per heavy atom. The third-order valence-corrected chi connectivity index (χ3v) is 6.49. The minimum Gasteiger partial charge on any atom is -0.340 e. The fraction of sp³-hybridized carbons (Fsp3) is 0.360. The molecule has 2 aliphatic rings. The first-order chi connectivity index (χ1) is 15.4. The lowest BCUT2D eigenvalue weighted by atomic mass is 9.87. The Bertz CT molecular complexity index is 1180. The summed E-state index contributed by atoms with van der Waals surface area (Å²) in [4.78, 5) is 29.5. The van der Waals surface area contributed by atoms with Gasteiger partial charge in [0.05, 0.1) is 11.7 Å². The molecular weight excluding hydrogens is 405 g/mol. The number of aromatic nitrogens is 3. The third-order valence-electron chi connectivity index (χ3n) is 6.49. The third kappa shape index (κ3) is 3.77. The zero-order valence-corrected chi connectivity index (χ0v) is 18.5. The molecule has 6 nitrogen and oxygen atoms in total. The second kappa shape index (κ2) is 8.06. The second-order valence-corrected chi connectivity index (χ2v) is 8.94. The van der Waals surface area contributed by atoms with E-state index in [1.165, 1.54) is 12.1 Å². The predicted molar refractivity (Wildman–Crippen MR) is 121 cm³/mol. The maximum Gasteiger partial charge on any atom is 0.225 e. The summed E-state index contributed by atoms with van der Waals surface area (Å²) in [6.07, 6.45) is 1.71. The largest absolute Gasteiger partial charge is 0.340 e. The van der Waals surface area contributed by atoms with Crippen molar-refractivity contribution < 1.29 is 9.18 Å². The molecular formula is C25H26FN5O. The first-order valence-corrected chi connectivity index (χ1v) is 11.0. The molecule has 0 aliphatic carbocycles. The predicted octanol–water partition coefficient (Wildman–Crippen LogP) is 3.51. The molecule has 2 fully saturated rings. The van der Waals surface area contributed by atoms with Gasteiger partial charge >= 0.3 is 0 Å². The van der Waals surface area contributed by atoms with Crippen LogP contribution in [0.5, 0.6) is 0 Å². The number of aryl methyl sites for hydroxylation is 3. The van der Waals surface area contributed by atoms with Crippen molar-refractivity contribution in [3.05, 3.63) is 70.9 Å². The van der Waals surface area contributed by atoms with Crippen molar-refractivity contribution in [2.45, 2.75) is 26.8 Å². The van der Waals surface area contributed by atoms with E-state index >= 15 is 0 Å². The van der Waals surface area contributed by atoms with Gasteiger partial charge in [0, 0.05) is 54.3 Å². The molecule has 0 amide bonds. The summed E-state index contributed by atoms with van der Waals surface area (Å²) in [6.45, 7) is 8.16. The van der Waals surface area contributed by atoms with Crippen LogP contribution in [0.1, 0.15) is 27.3 Å². The Labute approximate surface area is 186 Å². The lowest BCUT2D eigenvalue weighted by Gasteiger charge is -2.22. The van der Waals surface area contributed by atoms with Gasteiger partial charge in [0.25, 0.3) is 0 Å². The van der Waals surface area contributed by atoms with E-state index in [1.807, 2.05) is 39.0 Å². The van der Waals surface area contributed by atoms with Gasteiger partial charge in [-0.15, -0.1) is 0 Å². The van der Waals surface area contributed by atoms with Gasteiger partial charge in [0.2, 0.25) is 5.95 Å². The molecule has 2 saturated heterocycles. The average molecular weight is 432 g/mol. The number of rotatable bonds is 4. The number of halogens is 1. The fourth-order valence-corrected chi connectivity index (χ4v) is 5.01. The summed E-state index contributed by atoms with van der Waals surface area (Å²) in [5.74, 6) is 0.656. The van der Waals surface area contributed by atoms with Gasteiger partial charge in [0.15, 0.2) is 5.78 Å². The van der Waals surface area contributed by atoms with Gasteiger partial charge in [-0.1, -0.05) is 0 Å². The Hall–Kier alpha value is -3.19. The molecule has 4 heterocycles. The molecule has 7 heteroatoms.